The maximum Gasteiger partial charge on any atom is 0.0762 e. The largest absolute Gasteiger partial charge is 0.389 e. The second-order valence-electron chi connectivity index (χ2n) is 4.37. The minimum absolute atomic E-state index is 0.411. The summed E-state index contributed by atoms with van der Waals surface area (Å²) in [6.07, 6.45) is 1.88. The molecular formula is C14H22BrNO. The fraction of sp³-hybridized carbons (Fsp3) is 0.571. The molecule has 0 radical (unpaired) electrons. The van der Waals surface area contributed by atoms with Crippen molar-refractivity contribution >= 4 is 21.6 Å². The number of halogens is 1. The second-order valence-corrected chi connectivity index (χ2v) is 5.23. The second kappa shape index (κ2) is 7.02. The normalized spacial score (nSPS) is 12.5. The van der Waals surface area contributed by atoms with Crippen LogP contribution in [0.3, 0.4) is 0 Å². The Morgan fingerprint density at radius 3 is 2.24 bits per heavy atom. The molecule has 0 aromatic heterocycles. The van der Waals surface area contributed by atoms with E-state index in [2.05, 4.69) is 40.7 Å². The molecule has 0 spiro atoms. The van der Waals surface area contributed by atoms with Gasteiger partial charge in [0.15, 0.2) is 0 Å². The topological polar surface area (TPSA) is 23.5 Å². The van der Waals surface area contributed by atoms with Crippen LogP contribution in [0.1, 0.15) is 45.3 Å². The molecule has 0 amide bonds. The molecule has 0 bridgehead atoms. The third-order valence-corrected chi connectivity index (χ3v) is 3.42. The van der Waals surface area contributed by atoms with Gasteiger partial charge >= 0.3 is 0 Å². The summed E-state index contributed by atoms with van der Waals surface area (Å²) in [5.41, 5.74) is 2.17. The zero-order valence-corrected chi connectivity index (χ0v) is 12.5. The molecule has 1 unspecified atom stereocenters. The Labute approximate surface area is 113 Å². The van der Waals surface area contributed by atoms with Crippen molar-refractivity contribution in [2.45, 2.75) is 39.7 Å². The lowest BCUT2D eigenvalue weighted by Crippen LogP contribution is -2.25. The zero-order chi connectivity index (χ0) is 12.8. The molecule has 0 aliphatic heterocycles. The number of rotatable bonds is 6. The summed E-state index contributed by atoms with van der Waals surface area (Å²) < 4.78 is 1.07. The van der Waals surface area contributed by atoms with Gasteiger partial charge in [0.05, 0.1) is 11.8 Å². The summed E-state index contributed by atoms with van der Waals surface area (Å²) in [7, 11) is 0. The molecule has 1 atom stereocenters. The van der Waals surface area contributed by atoms with E-state index >= 15 is 0 Å². The SMILES string of the molecule is CCCN(CCC)c1ccc(C(C)O)cc1Br. The zero-order valence-electron chi connectivity index (χ0n) is 10.9. The molecule has 1 aromatic carbocycles. The molecule has 1 aromatic rings. The van der Waals surface area contributed by atoms with E-state index in [0.29, 0.717) is 0 Å². The quantitative estimate of drug-likeness (QED) is 0.854. The maximum absolute atomic E-state index is 9.55. The van der Waals surface area contributed by atoms with Crippen LogP contribution in [0.2, 0.25) is 0 Å². The highest BCUT2D eigenvalue weighted by atomic mass is 79.9. The van der Waals surface area contributed by atoms with E-state index < -0.39 is 6.10 Å². The molecule has 0 aliphatic rings. The van der Waals surface area contributed by atoms with Gasteiger partial charge in [0.1, 0.15) is 0 Å². The fourth-order valence-electron chi connectivity index (χ4n) is 1.93. The number of aliphatic hydroxyl groups excluding tert-OH is 1. The van der Waals surface area contributed by atoms with Crippen LogP contribution in [-0.4, -0.2) is 18.2 Å². The molecule has 3 heteroatoms. The minimum atomic E-state index is -0.411. The molecule has 0 heterocycles. The van der Waals surface area contributed by atoms with Gasteiger partial charge in [-0.1, -0.05) is 19.9 Å². The summed E-state index contributed by atoms with van der Waals surface area (Å²) >= 11 is 3.60. The van der Waals surface area contributed by atoms with Gasteiger partial charge in [-0.3, -0.25) is 0 Å². The molecular weight excluding hydrogens is 278 g/mol. The molecule has 2 nitrogen and oxygen atoms in total. The first kappa shape index (κ1) is 14.5. The maximum atomic E-state index is 9.55. The van der Waals surface area contributed by atoms with Crippen molar-refractivity contribution < 1.29 is 5.11 Å². The molecule has 0 saturated carbocycles. The number of benzene rings is 1. The Kier molecular flexibility index (Phi) is 6.00. The summed E-state index contributed by atoms with van der Waals surface area (Å²) in [6, 6.07) is 6.11. The molecule has 1 rings (SSSR count). The van der Waals surface area contributed by atoms with Gasteiger partial charge in [-0.25, -0.2) is 0 Å². The third-order valence-electron chi connectivity index (χ3n) is 2.78. The smallest absolute Gasteiger partial charge is 0.0762 e. The lowest BCUT2D eigenvalue weighted by Gasteiger charge is -2.25. The van der Waals surface area contributed by atoms with Crippen LogP contribution in [0.4, 0.5) is 5.69 Å². The van der Waals surface area contributed by atoms with E-state index in [4.69, 9.17) is 0 Å². The van der Waals surface area contributed by atoms with Crippen LogP contribution in [0.15, 0.2) is 22.7 Å². The Balaban J connectivity index is 2.95. The number of anilines is 1. The van der Waals surface area contributed by atoms with Crippen molar-refractivity contribution in [1.29, 1.82) is 0 Å². The van der Waals surface area contributed by atoms with Crippen molar-refractivity contribution in [3.8, 4) is 0 Å². The number of aliphatic hydroxyl groups is 1. The van der Waals surface area contributed by atoms with Crippen molar-refractivity contribution in [2.24, 2.45) is 0 Å². The predicted octanol–water partition coefficient (Wildman–Crippen LogP) is 4.13. The Bertz CT molecular complexity index is 346. The Morgan fingerprint density at radius 1 is 1.24 bits per heavy atom. The summed E-state index contributed by atoms with van der Waals surface area (Å²) in [5.74, 6) is 0. The van der Waals surface area contributed by atoms with Gasteiger partial charge in [-0.2, -0.15) is 0 Å². The lowest BCUT2D eigenvalue weighted by atomic mass is 10.1. The molecule has 0 saturated heterocycles. The number of nitrogens with zero attached hydrogens (tertiary/aromatic N) is 1. The Morgan fingerprint density at radius 2 is 1.82 bits per heavy atom. The van der Waals surface area contributed by atoms with E-state index in [1.807, 2.05) is 12.1 Å². The summed E-state index contributed by atoms with van der Waals surface area (Å²) in [5, 5.41) is 9.55. The average molecular weight is 300 g/mol. The van der Waals surface area contributed by atoms with Gasteiger partial charge in [-0.05, 0) is 53.4 Å². The van der Waals surface area contributed by atoms with Crippen molar-refractivity contribution in [2.75, 3.05) is 18.0 Å². The highest BCUT2D eigenvalue weighted by molar-refractivity contribution is 9.10. The summed E-state index contributed by atoms with van der Waals surface area (Å²) in [6.45, 7) is 8.32. The van der Waals surface area contributed by atoms with Gasteiger partial charge < -0.3 is 10.0 Å². The van der Waals surface area contributed by atoms with E-state index in [0.717, 1.165) is 36.0 Å². The number of hydrogen-bond donors (Lipinski definition) is 1. The van der Waals surface area contributed by atoms with Gasteiger partial charge in [0.25, 0.3) is 0 Å². The van der Waals surface area contributed by atoms with E-state index in [9.17, 15) is 5.11 Å². The Hall–Kier alpha value is -0.540. The van der Waals surface area contributed by atoms with Gasteiger partial charge in [0, 0.05) is 17.6 Å². The van der Waals surface area contributed by atoms with Crippen molar-refractivity contribution in [3.63, 3.8) is 0 Å². The van der Waals surface area contributed by atoms with Gasteiger partial charge in [-0.15, -0.1) is 0 Å². The van der Waals surface area contributed by atoms with E-state index in [-0.39, 0.29) is 0 Å². The fourth-order valence-corrected chi connectivity index (χ4v) is 2.58. The number of hydrogen-bond acceptors (Lipinski definition) is 2. The van der Waals surface area contributed by atoms with Crippen molar-refractivity contribution in [1.82, 2.24) is 0 Å². The molecule has 1 N–H and O–H groups in total. The first-order valence-corrected chi connectivity index (χ1v) is 7.11. The molecule has 0 fully saturated rings. The monoisotopic (exact) mass is 299 g/mol. The van der Waals surface area contributed by atoms with Crippen LogP contribution < -0.4 is 4.90 Å². The molecule has 96 valence electrons. The highest BCUT2D eigenvalue weighted by Gasteiger charge is 2.10. The van der Waals surface area contributed by atoms with Crippen LogP contribution >= 0.6 is 15.9 Å². The van der Waals surface area contributed by atoms with Crippen LogP contribution in [0, 0.1) is 0 Å². The first-order chi connectivity index (χ1) is 8.10. The van der Waals surface area contributed by atoms with Crippen molar-refractivity contribution in [3.05, 3.63) is 28.2 Å². The van der Waals surface area contributed by atoms with Crippen LogP contribution in [0.25, 0.3) is 0 Å². The standard InChI is InChI=1S/C14H22BrNO/c1-4-8-16(9-5-2)14-7-6-12(11(3)17)10-13(14)15/h6-7,10-11,17H,4-5,8-9H2,1-3H3. The van der Waals surface area contributed by atoms with Gasteiger partial charge in [0.2, 0.25) is 0 Å². The van der Waals surface area contributed by atoms with Crippen LogP contribution in [0.5, 0.6) is 0 Å². The van der Waals surface area contributed by atoms with Crippen LogP contribution in [-0.2, 0) is 0 Å². The molecule has 17 heavy (non-hydrogen) atoms. The lowest BCUT2D eigenvalue weighted by molar-refractivity contribution is 0.199. The predicted molar refractivity (Wildman–Crippen MR) is 77.6 cm³/mol. The summed E-state index contributed by atoms with van der Waals surface area (Å²) in [4.78, 5) is 2.38. The minimum Gasteiger partial charge on any atom is -0.389 e. The highest BCUT2D eigenvalue weighted by Crippen LogP contribution is 2.29. The first-order valence-electron chi connectivity index (χ1n) is 6.32. The van der Waals surface area contributed by atoms with E-state index in [1.54, 1.807) is 6.92 Å². The average Bonchev–Trinajstić information content (AvgIpc) is 2.28. The molecule has 0 aliphatic carbocycles. The third kappa shape index (κ3) is 4.00. The van der Waals surface area contributed by atoms with E-state index in [1.165, 1.54) is 5.69 Å².